The first kappa shape index (κ1) is 13.1. The summed E-state index contributed by atoms with van der Waals surface area (Å²) in [5.74, 6) is 0. The first-order valence-corrected chi connectivity index (χ1v) is 5.06. The van der Waals surface area contributed by atoms with Gasteiger partial charge in [-0.1, -0.05) is 0 Å². The monoisotopic (exact) mass is 240 g/mol. The maximum absolute atomic E-state index is 12.3. The van der Waals surface area contributed by atoms with Gasteiger partial charge in [-0.25, -0.2) is 4.79 Å². The van der Waals surface area contributed by atoms with E-state index in [0.717, 1.165) is 12.0 Å². The van der Waals surface area contributed by atoms with Gasteiger partial charge in [0, 0.05) is 6.04 Å². The van der Waals surface area contributed by atoms with E-state index in [4.69, 9.17) is 0 Å². The zero-order valence-electron chi connectivity index (χ0n) is 9.01. The molecule has 0 aliphatic carbocycles. The number of carbonyl (C=O) groups excluding carboxylic acids is 1. The molecule has 1 N–H and O–H groups in total. The molecule has 0 unspecified atom stereocenters. The quantitative estimate of drug-likeness (QED) is 0.792. The van der Waals surface area contributed by atoms with E-state index in [1.54, 1.807) is 0 Å². The molecule has 1 heterocycles. The number of halogens is 3. The van der Waals surface area contributed by atoms with Crippen LogP contribution in [0.5, 0.6) is 0 Å². The predicted octanol–water partition coefficient (Wildman–Crippen LogP) is 1.37. The number of hydrogen-bond donors (Lipinski definition) is 1. The van der Waals surface area contributed by atoms with E-state index in [0.29, 0.717) is 25.9 Å². The van der Waals surface area contributed by atoms with Gasteiger partial charge in [-0.3, -0.25) is 4.90 Å². The second kappa shape index (κ2) is 5.38. The highest BCUT2D eigenvalue weighted by atomic mass is 19.4. The minimum Gasteiger partial charge on any atom is -0.453 e. The van der Waals surface area contributed by atoms with Crippen molar-refractivity contribution < 1.29 is 22.7 Å². The Morgan fingerprint density at radius 3 is 2.44 bits per heavy atom. The van der Waals surface area contributed by atoms with Crippen LogP contribution in [-0.2, 0) is 4.74 Å². The van der Waals surface area contributed by atoms with Crippen molar-refractivity contribution in [2.24, 2.45) is 0 Å². The van der Waals surface area contributed by atoms with Gasteiger partial charge in [-0.05, 0) is 25.9 Å². The molecule has 0 atom stereocenters. The van der Waals surface area contributed by atoms with Gasteiger partial charge in [0.05, 0.1) is 7.11 Å². The molecule has 0 bridgehead atoms. The van der Waals surface area contributed by atoms with Crippen LogP contribution in [0.3, 0.4) is 0 Å². The van der Waals surface area contributed by atoms with Crippen LogP contribution < -0.4 is 5.32 Å². The van der Waals surface area contributed by atoms with Crippen LogP contribution in [-0.4, -0.2) is 50.0 Å². The molecule has 1 amide bonds. The number of piperidine rings is 1. The lowest BCUT2D eigenvalue weighted by Crippen LogP contribution is -2.49. The molecule has 1 aliphatic heterocycles. The SMILES string of the molecule is COC(=O)N(CC(F)(F)F)C1CCNCC1. The highest BCUT2D eigenvalue weighted by molar-refractivity contribution is 5.67. The number of rotatable bonds is 2. The molecular formula is C9H15F3N2O2. The number of carbonyl (C=O) groups is 1. The zero-order chi connectivity index (χ0) is 12.2. The lowest BCUT2D eigenvalue weighted by atomic mass is 10.1. The number of methoxy groups -OCH3 is 1. The van der Waals surface area contributed by atoms with E-state index in [2.05, 4.69) is 10.1 Å². The fourth-order valence-corrected chi connectivity index (χ4v) is 1.77. The Morgan fingerprint density at radius 2 is 2.00 bits per heavy atom. The zero-order valence-corrected chi connectivity index (χ0v) is 9.01. The average molecular weight is 240 g/mol. The first-order chi connectivity index (χ1) is 7.44. The summed E-state index contributed by atoms with van der Waals surface area (Å²) in [6.07, 6.45) is -4.26. The molecule has 0 aromatic carbocycles. The van der Waals surface area contributed by atoms with Gasteiger partial charge in [0.2, 0.25) is 0 Å². The van der Waals surface area contributed by atoms with Crippen LogP contribution in [0.2, 0.25) is 0 Å². The van der Waals surface area contributed by atoms with Crippen LogP contribution >= 0.6 is 0 Å². The molecule has 0 saturated carbocycles. The third kappa shape index (κ3) is 3.88. The summed E-state index contributed by atoms with van der Waals surface area (Å²) < 4.78 is 41.3. The number of nitrogens with one attached hydrogen (secondary N) is 1. The second-order valence-electron chi connectivity index (χ2n) is 3.69. The molecule has 1 rings (SSSR count). The third-order valence-corrected chi connectivity index (χ3v) is 2.51. The van der Waals surface area contributed by atoms with Gasteiger partial charge in [0.15, 0.2) is 0 Å². The number of hydrogen-bond acceptors (Lipinski definition) is 3. The average Bonchev–Trinajstić information content (AvgIpc) is 2.25. The van der Waals surface area contributed by atoms with Crippen LogP contribution in [0.25, 0.3) is 0 Å². The standard InChI is InChI=1S/C9H15F3N2O2/c1-16-8(15)14(6-9(10,11)12)7-2-4-13-5-3-7/h7,13H,2-6H2,1H3. The largest absolute Gasteiger partial charge is 0.453 e. The maximum Gasteiger partial charge on any atom is 0.410 e. The van der Waals surface area contributed by atoms with Gasteiger partial charge in [-0.2, -0.15) is 13.2 Å². The number of alkyl halides is 3. The Bertz CT molecular complexity index is 239. The lowest BCUT2D eigenvalue weighted by molar-refractivity contribution is -0.147. The molecule has 4 nitrogen and oxygen atoms in total. The Kier molecular flexibility index (Phi) is 4.40. The van der Waals surface area contributed by atoms with Crippen molar-refractivity contribution in [1.29, 1.82) is 0 Å². The van der Waals surface area contributed by atoms with Crippen molar-refractivity contribution in [1.82, 2.24) is 10.2 Å². The topological polar surface area (TPSA) is 41.6 Å². The van der Waals surface area contributed by atoms with E-state index in [-0.39, 0.29) is 0 Å². The number of ether oxygens (including phenoxy) is 1. The molecule has 7 heteroatoms. The normalized spacial score (nSPS) is 18.2. The lowest BCUT2D eigenvalue weighted by Gasteiger charge is -2.33. The molecule has 0 aromatic heterocycles. The van der Waals surface area contributed by atoms with Crippen molar-refractivity contribution >= 4 is 6.09 Å². The van der Waals surface area contributed by atoms with Crippen molar-refractivity contribution in [3.63, 3.8) is 0 Å². The van der Waals surface area contributed by atoms with Crippen molar-refractivity contribution in [3.05, 3.63) is 0 Å². The summed E-state index contributed by atoms with van der Waals surface area (Å²) in [7, 11) is 1.09. The fourth-order valence-electron chi connectivity index (χ4n) is 1.77. The van der Waals surface area contributed by atoms with E-state index in [1.807, 2.05) is 0 Å². The molecule has 94 valence electrons. The summed E-state index contributed by atoms with van der Waals surface area (Å²) >= 11 is 0. The van der Waals surface area contributed by atoms with Gasteiger partial charge >= 0.3 is 12.3 Å². The fraction of sp³-hybridized carbons (Fsp3) is 0.889. The Labute approximate surface area is 91.7 Å². The summed E-state index contributed by atoms with van der Waals surface area (Å²) in [5.41, 5.74) is 0. The summed E-state index contributed by atoms with van der Waals surface area (Å²) in [6.45, 7) is -0.00360. The Balaban J connectivity index is 2.65. The first-order valence-electron chi connectivity index (χ1n) is 5.06. The number of amides is 1. The van der Waals surface area contributed by atoms with Gasteiger partial charge in [0.25, 0.3) is 0 Å². The molecule has 0 aromatic rings. The van der Waals surface area contributed by atoms with Crippen LogP contribution in [0.15, 0.2) is 0 Å². The van der Waals surface area contributed by atoms with Crippen LogP contribution in [0, 0.1) is 0 Å². The van der Waals surface area contributed by atoms with Crippen LogP contribution in [0.4, 0.5) is 18.0 Å². The molecule has 1 saturated heterocycles. The molecule has 1 fully saturated rings. The predicted molar refractivity (Wildman–Crippen MR) is 51.1 cm³/mol. The molecule has 0 spiro atoms. The molecular weight excluding hydrogens is 225 g/mol. The van der Waals surface area contributed by atoms with E-state index >= 15 is 0 Å². The highest BCUT2D eigenvalue weighted by Gasteiger charge is 2.37. The molecule has 1 aliphatic rings. The third-order valence-electron chi connectivity index (χ3n) is 2.51. The van der Waals surface area contributed by atoms with E-state index in [1.165, 1.54) is 0 Å². The van der Waals surface area contributed by atoms with Crippen molar-refractivity contribution in [2.75, 3.05) is 26.7 Å². The summed E-state index contributed by atoms with van der Waals surface area (Å²) in [5, 5.41) is 3.03. The molecule has 0 radical (unpaired) electrons. The van der Waals surface area contributed by atoms with E-state index in [9.17, 15) is 18.0 Å². The van der Waals surface area contributed by atoms with Crippen molar-refractivity contribution in [2.45, 2.75) is 25.1 Å². The minimum atomic E-state index is -4.39. The Hall–Kier alpha value is -0.980. The van der Waals surface area contributed by atoms with Gasteiger partial charge in [0.1, 0.15) is 6.54 Å². The summed E-state index contributed by atoms with van der Waals surface area (Å²) in [4.78, 5) is 12.0. The van der Waals surface area contributed by atoms with Gasteiger partial charge in [-0.15, -0.1) is 0 Å². The minimum absolute atomic E-state index is 0.393. The maximum atomic E-state index is 12.3. The second-order valence-corrected chi connectivity index (χ2v) is 3.69. The van der Waals surface area contributed by atoms with E-state index < -0.39 is 24.9 Å². The van der Waals surface area contributed by atoms with Crippen molar-refractivity contribution in [3.8, 4) is 0 Å². The number of nitrogens with zero attached hydrogens (tertiary/aromatic N) is 1. The van der Waals surface area contributed by atoms with Crippen LogP contribution in [0.1, 0.15) is 12.8 Å². The van der Waals surface area contributed by atoms with Gasteiger partial charge < -0.3 is 10.1 Å². The highest BCUT2D eigenvalue weighted by Crippen LogP contribution is 2.21. The summed E-state index contributed by atoms with van der Waals surface area (Å²) in [6, 6.07) is -0.393. The smallest absolute Gasteiger partial charge is 0.410 e. The Morgan fingerprint density at radius 1 is 1.44 bits per heavy atom. The molecule has 16 heavy (non-hydrogen) atoms.